The van der Waals surface area contributed by atoms with Crippen molar-refractivity contribution in [3.05, 3.63) is 76.3 Å². The Morgan fingerprint density at radius 3 is 2.71 bits per heavy atom. The van der Waals surface area contributed by atoms with E-state index in [0.29, 0.717) is 29.4 Å². The lowest BCUT2D eigenvalue weighted by molar-refractivity contribution is -0.121. The molecule has 1 N–H and O–H groups in total. The first-order valence-electron chi connectivity index (χ1n) is 7.60. The van der Waals surface area contributed by atoms with Crippen molar-refractivity contribution in [2.45, 2.75) is 13.0 Å². The molecule has 6 heteroatoms. The normalized spacial score (nSPS) is 10.7. The maximum Gasteiger partial charge on any atom is 0.241 e. The smallest absolute Gasteiger partial charge is 0.241 e. The number of halogens is 1. The molecule has 3 rings (SSSR count). The molecular formula is C18H16FN3O2. The van der Waals surface area contributed by atoms with Gasteiger partial charge in [0.2, 0.25) is 11.3 Å². The zero-order valence-electron chi connectivity index (χ0n) is 12.9. The number of nitrogens with zero attached hydrogens (tertiary/aromatic N) is 2. The molecule has 0 saturated heterocycles. The van der Waals surface area contributed by atoms with Crippen LogP contribution in [0.25, 0.3) is 10.9 Å². The number of benzene rings is 2. The van der Waals surface area contributed by atoms with E-state index in [2.05, 4.69) is 10.4 Å². The van der Waals surface area contributed by atoms with E-state index in [4.69, 9.17) is 0 Å². The minimum atomic E-state index is -0.278. The van der Waals surface area contributed by atoms with Gasteiger partial charge in [-0.2, -0.15) is 5.10 Å². The monoisotopic (exact) mass is 325 g/mol. The van der Waals surface area contributed by atoms with Gasteiger partial charge in [-0.15, -0.1) is 0 Å². The van der Waals surface area contributed by atoms with Crippen LogP contribution in [0.5, 0.6) is 0 Å². The Kier molecular flexibility index (Phi) is 4.65. The fourth-order valence-corrected chi connectivity index (χ4v) is 2.52. The molecule has 0 radical (unpaired) electrons. The van der Waals surface area contributed by atoms with E-state index in [-0.39, 0.29) is 23.7 Å². The summed E-state index contributed by atoms with van der Waals surface area (Å²) in [6.45, 7) is 0.329. The molecule has 0 aliphatic carbocycles. The molecule has 3 aromatic rings. The summed E-state index contributed by atoms with van der Waals surface area (Å²) < 4.78 is 15.0. The molecule has 122 valence electrons. The number of carbonyl (C=O) groups excluding carboxylic acids is 1. The Labute approximate surface area is 137 Å². The van der Waals surface area contributed by atoms with Gasteiger partial charge in [0.05, 0.1) is 11.7 Å². The minimum Gasteiger partial charge on any atom is -0.354 e. The Bertz CT molecular complexity index is 937. The van der Waals surface area contributed by atoms with Crippen molar-refractivity contribution in [2.24, 2.45) is 0 Å². The van der Waals surface area contributed by atoms with Crippen LogP contribution in [0.1, 0.15) is 5.56 Å². The van der Waals surface area contributed by atoms with Gasteiger partial charge in [0.15, 0.2) is 0 Å². The van der Waals surface area contributed by atoms with Gasteiger partial charge in [0.25, 0.3) is 0 Å². The lowest BCUT2D eigenvalue weighted by Crippen LogP contribution is -2.30. The molecule has 5 nitrogen and oxygen atoms in total. The van der Waals surface area contributed by atoms with Crippen molar-refractivity contribution in [3.63, 3.8) is 0 Å². The molecule has 1 amide bonds. The summed E-state index contributed by atoms with van der Waals surface area (Å²) in [5, 5.41) is 7.27. The lowest BCUT2D eigenvalue weighted by atomic mass is 10.1. The third-order valence-corrected chi connectivity index (χ3v) is 3.73. The molecule has 24 heavy (non-hydrogen) atoms. The van der Waals surface area contributed by atoms with E-state index < -0.39 is 0 Å². The summed E-state index contributed by atoms with van der Waals surface area (Å²) in [6.07, 6.45) is 1.62. The molecular weight excluding hydrogens is 309 g/mol. The number of carbonyl (C=O) groups is 1. The van der Waals surface area contributed by atoms with E-state index in [0.717, 1.165) is 0 Å². The Hall–Kier alpha value is -3.02. The maximum atomic E-state index is 13.5. The van der Waals surface area contributed by atoms with Crippen molar-refractivity contribution in [1.82, 2.24) is 15.1 Å². The van der Waals surface area contributed by atoms with Crippen molar-refractivity contribution in [3.8, 4) is 0 Å². The van der Waals surface area contributed by atoms with Crippen LogP contribution < -0.4 is 10.7 Å². The largest absolute Gasteiger partial charge is 0.354 e. The van der Waals surface area contributed by atoms with Crippen LogP contribution in [-0.4, -0.2) is 22.2 Å². The number of rotatable bonds is 5. The molecule has 0 aliphatic rings. The van der Waals surface area contributed by atoms with Gasteiger partial charge in [-0.1, -0.05) is 30.3 Å². The predicted octanol–water partition coefficient (Wildman–Crippen LogP) is 1.89. The van der Waals surface area contributed by atoms with Gasteiger partial charge in [0.1, 0.15) is 12.4 Å². The Balaban J connectivity index is 1.65. The second kappa shape index (κ2) is 7.04. The third kappa shape index (κ3) is 3.48. The summed E-state index contributed by atoms with van der Waals surface area (Å²) in [7, 11) is 0. The molecule has 0 spiro atoms. The molecule has 1 aromatic heterocycles. The quantitative estimate of drug-likeness (QED) is 0.779. The fraction of sp³-hybridized carbons (Fsp3) is 0.167. The predicted molar refractivity (Wildman–Crippen MR) is 89.1 cm³/mol. The molecule has 0 atom stereocenters. The average molecular weight is 325 g/mol. The second-order valence-electron chi connectivity index (χ2n) is 5.37. The van der Waals surface area contributed by atoms with Crippen LogP contribution in [0.3, 0.4) is 0 Å². The van der Waals surface area contributed by atoms with E-state index in [1.54, 1.807) is 42.5 Å². The van der Waals surface area contributed by atoms with E-state index in [9.17, 15) is 14.0 Å². The summed E-state index contributed by atoms with van der Waals surface area (Å²) in [4.78, 5) is 23.8. The SMILES string of the molecule is O=C(Cn1ncc(=O)c2ccccc21)NCCc1ccccc1F. The highest BCUT2D eigenvalue weighted by Gasteiger charge is 2.08. The van der Waals surface area contributed by atoms with Gasteiger partial charge in [-0.05, 0) is 30.2 Å². The van der Waals surface area contributed by atoms with Crippen molar-refractivity contribution < 1.29 is 9.18 Å². The number of amides is 1. The Morgan fingerprint density at radius 2 is 1.88 bits per heavy atom. The number of fused-ring (bicyclic) bond motifs is 1. The molecule has 0 saturated carbocycles. The summed E-state index contributed by atoms with van der Waals surface area (Å²) >= 11 is 0. The Morgan fingerprint density at radius 1 is 1.12 bits per heavy atom. The second-order valence-corrected chi connectivity index (χ2v) is 5.37. The van der Waals surface area contributed by atoms with Crippen LogP contribution in [0, 0.1) is 5.82 Å². The van der Waals surface area contributed by atoms with Crippen LogP contribution in [0.2, 0.25) is 0 Å². The van der Waals surface area contributed by atoms with Crippen LogP contribution in [0.15, 0.2) is 59.5 Å². The summed E-state index contributed by atoms with van der Waals surface area (Å²) in [5.41, 5.74) is 0.987. The molecule has 2 aromatic carbocycles. The highest BCUT2D eigenvalue weighted by Crippen LogP contribution is 2.08. The number of aromatic nitrogens is 2. The minimum absolute atomic E-state index is 0.00192. The molecule has 0 aliphatic heterocycles. The lowest BCUT2D eigenvalue weighted by Gasteiger charge is -2.10. The molecule has 0 unspecified atom stereocenters. The first-order valence-corrected chi connectivity index (χ1v) is 7.60. The van der Waals surface area contributed by atoms with Gasteiger partial charge in [-0.3, -0.25) is 14.3 Å². The van der Waals surface area contributed by atoms with Crippen LogP contribution >= 0.6 is 0 Å². The maximum absolute atomic E-state index is 13.5. The van der Waals surface area contributed by atoms with E-state index in [1.807, 2.05) is 0 Å². The van der Waals surface area contributed by atoms with Crippen LogP contribution in [-0.2, 0) is 17.8 Å². The topological polar surface area (TPSA) is 64.0 Å². The zero-order chi connectivity index (χ0) is 16.9. The van der Waals surface area contributed by atoms with E-state index in [1.165, 1.54) is 16.9 Å². The first-order chi connectivity index (χ1) is 11.6. The van der Waals surface area contributed by atoms with Gasteiger partial charge < -0.3 is 5.32 Å². The van der Waals surface area contributed by atoms with Crippen molar-refractivity contribution in [2.75, 3.05) is 6.54 Å². The van der Waals surface area contributed by atoms with E-state index >= 15 is 0 Å². The fourth-order valence-electron chi connectivity index (χ4n) is 2.52. The van der Waals surface area contributed by atoms with Gasteiger partial charge in [-0.25, -0.2) is 4.39 Å². The summed E-state index contributed by atoms with van der Waals surface area (Å²) in [5.74, 6) is -0.521. The summed E-state index contributed by atoms with van der Waals surface area (Å²) in [6, 6.07) is 13.5. The highest BCUT2D eigenvalue weighted by atomic mass is 19.1. The number of para-hydroxylation sites is 1. The number of nitrogens with one attached hydrogen (secondary N) is 1. The van der Waals surface area contributed by atoms with Gasteiger partial charge >= 0.3 is 0 Å². The third-order valence-electron chi connectivity index (χ3n) is 3.73. The van der Waals surface area contributed by atoms with Crippen molar-refractivity contribution in [1.29, 1.82) is 0 Å². The zero-order valence-corrected chi connectivity index (χ0v) is 12.9. The number of hydrogen-bond acceptors (Lipinski definition) is 3. The first kappa shape index (κ1) is 15.9. The van der Waals surface area contributed by atoms with Crippen molar-refractivity contribution >= 4 is 16.8 Å². The molecule has 0 bridgehead atoms. The molecule has 1 heterocycles. The average Bonchev–Trinajstić information content (AvgIpc) is 2.59. The standard InChI is InChI=1S/C18H16FN3O2/c19-15-7-3-1-5-13(15)9-10-20-18(24)12-22-16-8-4-2-6-14(16)17(23)11-21-22/h1-8,11H,9-10,12H2,(H,20,24). The van der Waals surface area contributed by atoms with Gasteiger partial charge in [0, 0.05) is 11.9 Å². The number of hydrogen-bond donors (Lipinski definition) is 1. The van der Waals surface area contributed by atoms with Crippen LogP contribution in [0.4, 0.5) is 4.39 Å². The highest BCUT2D eigenvalue weighted by molar-refractivity contribution is 5.81. The molecule has 0 fully saturated rings.